The molecule has 25 heavy (non-hydrogen) atoms. The number of carbonyl (C=O) groups excluding carboxylic acids is 1. The van der Waals surface area contributed by atoms with Gasteiger partial charge in [-0.25, -0.2) is 13.1 Å². The number of nitrogens with one attached hydrogen (secondary N) is 1. The zero-order valence-corrected chi connectivity index (χ0v) is 14.5. The second-order valence-corrected chi connectivity index (χ2v) is 7.78. The minimum Gasteiger partial charge on any atom is -0.339 e. The van der Waals surface area contributed by atoms with Gasteiger partial charge in [0.2, 0.25) is 10.0 Å². The summed E-state index contributed by atoms with van der Waals surface area (Å²) in [5.41, 5.74) is 0.630. The molecule has 1 aliphatic rings. The van der Waals surface area contributed by atoms with Crippen molar-refractivity contribution in [1.29, 1.82) is 0 Å². The first kappa shape index (κ1) is 17.5. The van der Waals surface area contributed by atoms with E-state index in [-0.39, 0.29) is 16.7 Å². The third kappa shape index (κ3) is 4.40. The number of aromatic nitrogens is 2. The Labute approximate surface area is 147 Å². The van der Waals surface area contributed by atoms with Crippen LogP contribution in [0.25, 0.3) is 0 Å². The standard InChI is InChI=1S/C17H20N4O3S/c22-17(15-3-8-18-9-4-15)21-10-5-14(6-11-21)12-20-25(23,24)16-2-1-7-19-13-16/h1-4,7-9,13-14,20H,5-6,10-12H2. The van der Waals surface area contributed by atoms with E-state index in [1.807, 2.05) is 0 Å². The molecule has 0 spiro atoms. The lowest BCUT2D eigenvalue weighted by Gasteiger charge is -2.32. The third-order valence-corrected chi connectivity index (χ3v) is 5.74. The number of nitrogens with zero attached hydrogens (tertiary/aromatic N) is 3. The molecule has 0 saturated carbocycles. The summed E-state index contributed by atoms with van der Waals surface area (Å²) in [5, 5.41) is 0. The van der Waals surface area contributed by atoms with Gasteiger partial charge in [0.25, 0.3) is 5.91 Å². The first-order valence-electron chi connectivity index (χ1n) is 8.15. The Morgan fingerprint density at radius 1 is 1.12 bits per heavy atom. The molecule has 1 N–H and O–H groups in total. The van der Waals surface area contributed by atoms with E-state index in [0.29, 0.717) is 25.2 Å². The summed E-state index contributed by atoms with van der Waals surface area (Å²) in [6, 6.07) is 6.52. The zero-order valence-electron chi connectivity index (χ0n) is 13.7. The average molecular weight is 360 g/mol. The van der Waals surface area contributed by atoms with E-state index >= 15 is 0 Å². The van der Waals surface area contributed by atoms with Gasteiger partial charge in [0.05, 0.1) is 0 Å². The lowest BCUT2D eigenvalue weighted by molar-refractivity contribution is 0.0692. The quantitative estimate of drug-likeness (QED) is 0.868. The summed E-state index contributed by atoms with van der Waals surface area (Å²) in [5.74, 6) is 0.213. The van der Waals surface area contributed by atoms with Gasteiger partial charge >= 0.3 is 0 Å². The molecule has 0 aliphatic carbocycles. The molecular formula is C17H20N4O3S. The fraction of sp³-hybridized carbons (Fsp3) is 0.353. The molecule has 3 rings (SSSR count). The maximum absolute atomic E-state index is 12.4. The molecule has 0 unspecified atom stereocenters. The van der Waals surface area contributed by atoms with E-state index < -0.39 is 10.0 Å². The van der Waals surface area contributed by atoms with Crippen LogP contribution in [-0.2, 0) is 10.0 Å². The van der Waals surface area contributed by atoms with Gasteiger partial charge < -0.3 is 4.90 Å². The highest BCUT2D eigenvalue weighted by Gasteiger charge is 2.25. The van der Waals surface area contributed by atoms with Gasteiger partial charge in [0, 0.05) is 50.0 Å². The molecule has 2 aromatic heterocycles. The van der Waals surface area contributed by atoms with Crippen molar-refractivity contribution in [3.05, 3.63) is 54.6 Å². The monoisotopic (exact) mass is 360 g/mol. The van der Waals surface area contributed by atoms with Gasteiger partial charge in [0.1, 0.15) is 4.90 Å². The van der Waals surface area contributed by atoms with E-state index in [4.69, 9.17) is 0 Å². The van der Waals surface area contributed by atoms with Crippen molar-refractivity contribution < 1.29 is 13.2 Å². The number of hydrogen-bond donors (Lipinski definition) is 1. The van der Waals surface area contributed by atoms with Crippen molar-refractivity contribution in [3.8, 4) is 0 Å². The van der Waals surface area contributed by atoms with Gasteiger partial charge in [-0.3, -0.25) is 14.8 Å². The maximum Gasteiger partial charge on any atom is 0.253 e. The molecule has 1 amide bonds. The smallest absolute Gasteiger partial charge is 0.253 e. The molecule has 3 heterocycles. The molecule has 2 aromatic rings. The highest BCUT2D eigenvalue weighted by Crippen LogP contribution is 2.19. The van der Waals surface area contributed by atoms with Crippen molar-refractivity contribution in [2.75, 3.05) is 19.6 Å². The van der Waals surface area contributed by atoms with Gasteiger partial charge in [-0.2, -0.15) is 0 Å². The highest BCUT2D eigenvalue weighted by atomic mass is 32.2. The number of amides is 1. The molecule has 1 fully saturated rings. The van der Waals surface area contributed by atoms with E-state index in [1.54, 1.807) is 35.5 Å². The summed E-state index contributed by atoms with van der Waals surface area (Å²) in [6.07, 6.45) is 7.62. The van der Waals surface area contributed by atoms with Crippen LogP contribution >= 0.6 is 0 Å². The Morgan fingerprint density at radius 3 is 2.48 bits per heavy atom. The van der Waals surface area contributed by atoms with Gasteiger partial charge in [0.15, 0.2) is 0 Å². The Morgan fingerprint density at radius 2 is 1.84 bits per heavy atom. The first-order chi connectivity index (χ1) is 12.1. The van der Waals surface area contributed by atoms with Crippen LogP contribution < -0.4 is 4.72 Å². The zero-order chi connectivity index (χ0) is 17.7. The lowest BCUT2D eigenvalue weighted by Crippen LogP contribution is -2.41. The Bertz CT molecular complexity index is 804. The molecule has 1 saturated heterocycles. The molecule has 0 radical (unpaired) electrons. The van der Waals surface area contributed by atoms with Crippen LogP contribution in [-0.4, -0.2) is 48.8 Å². The second-order valence-electron chi connectivity index (χ2n) is 6.01. The molecule has 0 bridgehead atoms. The second kappa shape index (κ2) is 7.71. The number of hydrogen-bond acceptors (Lipinski definition) is 5. The van der Waals surface area contributed by atoms with Crippen molar-refractivity contribution in [2.24, 2.45) is 5.92 Å². The molecule has 132 valence electrons. The molecule has 1 aliphatic heterocycles. The topological polar surface area (TPSA) is 92.3 Å². The third-order valence-electron chi connectivity index (χ3n) is 4.34. The minimum atomic E-state index is -3.53. The molecule has 7 nitrogen and oxygen atoms in total. The largest absolute Gasteiger partial charge is 0.339 e. The predicted octanol–water partition coefficient (Wildman–Crippen LogP) is 1.31. The van der Waals surface area contributed by atoms with Crippen LogP contribution in [0.5, 0.6) is 0 Å². The summed E-state index contributed by atoms with van der Waals surface area (Å²) in [6.45, 7) is 1.62. The first-order valence-corrected chi connectivity index (χ1v) is 9.63. The van der Waals surface area contributed by atoms with E-state index in [9.17, 15) is 13.2 Å². The van der Waals surface area contributed by atoms with Crippen LogP contribution in [0.3, 0.4) is 0 Å². The number of sulfonamides is 1. The van der Waals surface area contributed by atoms with Crippen molar-refractivity contribution in [3.63, 3.8) is 0 Å². The molecule has 0 atom stereocenters. The normalized spacial score (nSPS) is 15.9. The predicted molar refractivity (Wildman–Crippen MR) is 92.3 cm³/mol. The average Bonchev–Trinajstić information content (AvgIpc) is 2.68. The van der Waals surface area contributed by atoms with Crippen molar-refractivity contribution in [1.82, 2.24) is 19.6 Å². The van der Waals surface area contributed by atoms with E-state index in [2.05, 4.69) is 14.7 Å². The summed E-state index contributed by atoms with van der Waals surface area (Å²) < 4.78 is 27.1. The number of likely N-dealkylation sites (tertiary alicyclic amines) is 1. The van der Waals surface area contributed by atoms with E-state index in [1.165, 1.54) is 18.5 Å². The Hall–Kier alpha value is -2.32. The fourth-order valence-corrected chi connectivity index (χ4v) is 3.91. The van der Waals surface area contributed by atoms with E-state index in [0.717, 1.165) is 12.8 Å². The SMILES string of the molecule is O=C(c1ccncc1)N1CCC(CNS(=O)(=O)c2cccnc2)CC1. The number of piperidine rings is 1. The fourth-order valence-electron chi connectivity index (χ4n) is 2.83. The molecule has 0 aromatic carbocycles. The van der Waals surface area contributed by atoms with Crippen LogP contribution in [0.4, 0.5) is 0 Å². The van der Waals surface area contributed by atoms with Gasteiger partial charge in [-0.05, 0) is 43.0 Å². The Kier molecular flexibility index (Phi) is 5.40. The summed E-state index contributed by atoms with van der Waals surface area (Å²) in [4.78, 5) is 22.1. The highest BCUT2D eigenvalue weighted by molar-refractivity contribution is 7.89. The number of pyridine rings is 2. The number of carbonyl (C=O) groups is 1. The Balaban J connectivity index is 1.51. The maximum atomic E-state index is 12.4. The van der Waals surface area contributed by atoms with Crippen LogP contribution in [0.1, 0.15) is 23.2 Å². The molecule has 8 heteroatoms. The van der Waals surface area contributed by atoms with Crippen molar-refractivity contribution in [2.45, 2.75) is 17.7 Å². The minimum absolute atomic E-state index is 0.00297. The van der Waals surface area contributed by atoms with Crippen LogP contribution in [0.15, 0.2) is 53.9 Å². The lowest BCUT2D eigenvalue weighted by atomic mass is 9.97. The number of rotatable bonds is 5. The van der Waals surface area contributed by atoms with Crippen LogP contribution in [0.2, 0.25) is 0 Å². The molecular weight excluding hydrogens is 340 g/mol. The summed E-state index contributed by atoms with van der Waals surface area (Å²) >= 11 is 0. The van der Waals surface area contributed by atoms with Gasteiger partial charge in [-0.15, -0.1) is 0 Å². The summed E-state index contributed by atoms with van der Waals surface area (Å²) in [7, 11) is -3.53. The van der Waals surface area contributed by atoms with Crippen LogP contribution in [0, 0.1) is 5.92 Å². The van der Waals surface area contributed by atoms with Gasteiger partial charge in [-0.1, -0.05) is 0 Å². The van der Waals surface area contributed by atoms with Crippen molar-refractivity contribution >= 4 is 15.9 Å².